The average molecular weight is 261 g/mol. The van der Waals surface area contributed by atoms with Gasteiger partial charge in [0.2, 0.25) is 5.13 Å². The summed E-state index contributed by atoms with van der Waals surface area (Å²) >= 11 is 2.80. The van der Waals surface area contributed by atoms with Crippen molar-refractivity contribution in [2.75, 3.05) is 24.7 Å². The molecule has 0 aliphatic rings. The number of hydrogen-bond donors (Lipinski definition) is 1. The summed E-state index contributed by atoms with van der Waals surface area (Å²) in [6.07, 6.45) is 2.26. The Hall–Kier alpha value is -0.820. The van der Waals surface area contributed by atoms with Crippen molar-refractivity contribution in [3.05, 3.63) is 0 Å². The van der Waals surface area contributed by atoms with E-state index in [2.05, 4.69) is 27.2 Å². The van der Waals surface area contributed by atoms with Gasteiger partial charge >= 0.3 is 5.97 Å². The Balaban J connectivity index is 2.30. The number of ether oxygens (including phenoxy) is 1. The number of methoxy groups -OCH3 is 1. The first kappa shape index (κ1) is 13.2. The van der Waals surface area contributed by atoms with Gasteiger partial charge in [0.15, 0.2) is 4.34 Å². The Morgan fingerprint density at radius 3 is 3.06 bits per heavy atom. The van der Waals surface area contributed by atoms with Crippen LogP contribution in [0.25, 0.3) is 0 Å². The minimum Gasteiger partial charge on any atom is -0.468 e. The van der Waals surface area contributed by atoms with Gasteiger partial charge in [-0.2, -0.15) is 0 Å². The third-order valence-electron chi connectivity index (χ3n) is 1.75. The summed E-state index contributed by atoms with van der Waals surface area (Å²) in [7, 11) is 1.38. The smallest absolute Gasteiger partial charge is 0.316 e. The number of esters is 1. The van der Waals surface area contributed by atoms with Crippen LogP contribution in [0.2, 0.25) is 0 Å². The number of thioether (sulfide) groups is 1. The second-order valence-corrected chi connectivity index (χ2v) is 5.22. The van der Waals surface area contributed by atoms with E-state index in [0.29, 0.717) is 0 Å². The van der Waals surface area contributed by atoms with Gasteiger partial charge in [0.05, 0.1) is 12.9 Å². The fraction of sp³-hybridized carbons (Fsp3) is 0.667. The zero-order valence-electron chi connectivity index (χ0n) is 9.36. The summed E-state index contributed by atoms with van der Waals surface area (Å²) in [4.78, 5) is 10.9. The number of carbonyl (C=O) groups is 1. The van der Waals surface area contributed by atoms with Crippen LogP contribution in [0.5, 0.6) is 0 Å². The van der Waals surface area contributed by atoms with Gasteiger partial charge in [-0.25, -0.2) is 0 Å². The van der Waals surface area contributed by atoms with Crippen molar-refractivity contribution in [3.8, 4) is 0 Å². The van der Waals surface area contributed by atoms with Crippen molar-refractivity contribution in [2.24, 2.45) is 0 Å². The zero-order valence-corrected chi connectivity index (χ0v) is 11.0. The molecule has 5 nitrogen and oxygen atoms in total. The van der Waals surface area contributed by atoms with Gasteiger partial charge in [0, 0.05) is 6.54 Å². The van der Waals surface area contributed by atoms with Crippen molar-refractivity contribution < 1.29 is 9.53 Å². The molecule has 0 atom stereocenters. The van der Waals surface area contributed by atoms with Crippen molar-refractivity contribution in [3.63, 3.8) is 0 Å². The van der Waals surface area contributed by atoms with Crippen molar-refractivity contribution in [1.29, 1.82) is 0 Å². The van der Waals surface area contributed by atoms with Crippen molar-refractivity contribution >= 4 is 34.2 Å². The van der Waals surface area contributed by atoms with Crippen LogP contribution in [0.3, 0.4) is 0 Å². The SMILES string of the molecule is CCCCNc1nnc(SCC(=O)OC)s1. The molecule has 0 spiro atoms. The summed E-state index contributed by atoms with van der Waals surface area (Å²) in [5.74, 6) is 0.0285. The first-order valence-corrected chi connectivity index (χ1v) is 6.83. The number of aromatic nitrogens is 2. The van der Waals surface area contributed by atoms with E-state index >= 15 is 0 Å². The Kier molecular flexibility index (Phi) is 6.17. The molecule has 0 radical (unpaired) electrons. The highest BCUT2D eigenvalue weighted by Crippen LogP contribution is 2.25. The molecule has 1 rings (SSSR count). The molecule has 1 aromatic rings. The fourth-order valence-corrected chi connectivity index (χ4v) is 2.50. The minimum absolute atomic E-state index is 0.249. The maximum atomic E-state index is 10.9. The lowest BCUT2D eigenvalue weighted by molar-refractivity contribution is -0.137. The van der Waals surface area contributed by atoms with Gasteiger partial charge in [-0.1, -0.05) is 36.4 Å². The molecule has 1 N–H and O–H groups in total. The normalized spacial score (nSPS) is 10.1. The van der Waals surface area contributed by atoms with E-state index < -0.39 is 0 Å². The molecule has 0 bridgehead atoms. The quantitative estimate of drug-likeness (QED) is 0.460. The molecule has 0 saturated heterocycles. The summed E-state index contributed by atoms with van der Waals surface area (Å²) in [6, 6.07) is 0. The van der Waals surface area contributed by atoms with Crippen LogP contribution >= 0.6 is 23.1 Å². The van der Waals surface area contributed by atoms with E-state index in [0.717, 1.165) is 28.9 Å². The second kappa shape index (κ2) is 7.45. The predicted molar refractivity (Wildman–Crippen MR) is 66.0 cm³/mol. The van der Waals surface area contributed by atoms with Crippen LogP contribution in [-0.4, -0.2) is 35.6 Å². The predicted octanol–water partition coefficient (Wildman–Crippen LogP) is 2.02. The maximum Gasteiger partial charge on any atom is 0.316 e. The van der Waals surface area contributed by atoms with E-state index in [1.54, 1.807) is 0 Å². The summed E-state index contributed by atoms with van der Waals surface area (Å²) in [5, 5.41) is 11.9. The third kappa shape index (κ3) is 4.80. The van der Waals surface area contributed by atoms with Crippen LogP contribution in [-0.2, 0) is 9.53 Å². The van der Waals surface area contributed by atoms with Gasteiger partial charge < -0.3 is 10.1 Å². The highest BCUT2D eigenvalue weighted by Gasteiger charge is 2.07. The number of nitrogens with one attached hydrogen (secondary N) is 1. The summed E-state index contributed by atoms with van der Waals surface area (Å²) in [6.45, 7) is 3.05. The lowest BCUT2D eigenvalue weighted by atomic mass is 10.3. The highest BCUT2D eigenvalue weighted by atomic mass is 32.2. The lowest BCUT2D eigenvalue weighted by Crippen LogP contribution is -2.02. The Labute approximate surface area is 103 Å². The summed E-state index contributed by atoms with van der Waals surface area (Å²) in [5.41, 5.74) is 0. The van der Waals surface area contributed by atoms with E-state index in [9.17, 15) is 4.79 Å². The second-order valence-electron chi connectivity index (χ2n) is 3.02. The van der Waals surface area contributed by atoms with E-state index in [-0.39, 0.29) is 11.7 Å². The number of nitrogens with zero attached hydrogens (tertiary/aromatic N) is 2. The molecule has 0 aliphatic heterocycles. The van der Waals surface area contributed by atoms with E-state index in [1.807, 2.05) is 0 Å². The molecule has 1 heterocycles. The molecule has 0 aromatic carbocycles. The number of anilines is 1. The van der Waals surface area contributed by atoms with Gasteiger partial charge in [-0.05, 0) is 6.42 Å². The molecule has 0 saturated carbocycles. The molecule has 0 unspecified atom stereocenters. The Morgan fingerprint density at radius 2 is 2.38 bits per heavy atom. The van der Waals surface area contributed by atoms with Crippen LogP contribution in [0.4, 0.5) is 5.13 Å². The Bertz CT molecular complexity index is 330. The zero-order chi connectivity index (χ0) is 11.8. The lowest BCUT2D eigenvalue weighted by Gasteiger charge is -1.97. The van der Waals surface area contributed by atoms with Gasteiger partial charge in [-0.3, -0.25) is 4.79 Å². The standard InChI is InChI=1S/C9H15N3O2S2/c1-3-4-5-10-8-11-12-9(16-8)15-6-7(13)14-2/h3-6H2,1-2H3,(H,10,11). The van der Waals surface area contributed by atoms with E-state index in [4.69, 9.17) is 0 Å². The largest absolute Gasteiger partial charge is 0.468 e. The number of unbranched alkanes of at least 4 members (excludes halogenated alkanes) is 1. The average Bonchev–Trinajstić information content (AvgIpc) is 2.74. The van der Waals surface area contributed by atoms with Crippen LogP contribution < -0.4 is 5.32 Å². The monoisotopic (exact) mass is 261 g/mol. The van der Waals surface area contributed by atoms with Crippen LogP contribution in [0.15, 0.2) is 4.34 Å². The maximum absolute atomic E-state index is 10.9. The topological polar surface area (TPSA) is 64.1 Å². The number of hydrogen-bond acceptors (Lipinski definition) is 7. The van der Waals surface area contributed by atoms with Gasteiger partial charge in [0.1, 0.15) is 0 Å². The molecule has 7 heteroatoms. The first-order chi connectivity index (χ1) is 7.76. The molecule has 16 heavy (non-hydrogen) atoms. The van der Waals surface area contributed by atoms with Crippen molar-refractivity contribution in [1.82, 2.24) is 10.2 Å². The Morgan fingerprint density at radius 1 is 1.56 bits per heavy atom. The molecular formula is C9H15N3O2S2. The molecule has 0 fully saturated rings. The van der Waals surface area contributed by atoms with Crippen LogP contribution in [0.1, 0.15) is 19.8 Å². The molecule has 1 aromatic heterocycles. The summed E-state index contributed by atoms with van der Waals surface area (Å²) < 4.78 is 5.32. The fourth-order valence-electron chi connectivity index (χ4n) is 0.891. The molecule has 90 valence electrons. The molecular weight excluding hydrogens is 246 g/mol. The molecule has 0 amide bonds. The van der Waals surface area contributed by atoms with Crippen LogP contribution in [0, 0.1) is 0 Å². The van der Waals surface area contributed by atoms with Gasteiger partial charge in [-0.15, -0.1) is 10.2 Å². The number of rotatable bonds is 7. The molecule has 0 aliphatic carbocycles. The number of carbonyl (C=O) groups excluding carboxylic acids is 1. The van der Waals surface area contributed by atoms with E-state index in [1.165, 1.54) is 30.2 Å². The minimum atomic E-state index is -0.249. The first-order valence-electron chi connectivity index (χ1n) is 5.03. The third-order valence-corrected chi connectivity index (χ3v) is 3.74. The van der Waals surface area contributed by atoms with Gasteiger partial charge in [0.25, 0.3) is 0 Å². The van der Waals surface area contributed by atoms with Crippen molar-refractivity contribution in [2.45, 2.75) is 24.1 Å². The highest BCUT2D eigenvalue weighted by molar-refractivity contribution is 8.01.